The van der Waals surface area contributed by atoms with Crippen LogP contribution in [0, 0.1) is 0 Å². The fourth-order valence-electron chi connectivity index (χ4n) is 1.89. The van der Waals surface area contributed by atoms with Crippen LogP contribution in [0.4, 0.5) is 0 Å². The van der Waals surface area contributed by atoms with E-state index < -0.39 is 5.54 Å². The summed E-state index contributed by atoms with van der Waals surface area (Å²) in [7, 11) is 1.61. The molecule has 3 heteroatoms. The number of methoxy groups -OCH3 is 1. The predicted octanol–water partition coefficient (Wildman–Crippen LogP) is 2.65. The monoisotopic (exact) mass is 235 g/mol. The summed E-state index contributed by atoms with van der Waals surface area (Å²) in [5.41, 5.74) is 0.145. The molecule has 0 unspecified atom stereocenters. The highest BCUT2D eigenvalue weighted by atomic mass is 16.5. The first-order valence-corrected chi connectivity index (χ1v) is 5.83. The molecular weight excluding hydrogens is 214 g/mol. The summed E-state index contributed by atoms with van der Waals surface area (Å²) in [5.74, 6) is 0.852. The molecule has 1 rings (SSSR count). The zero-order chi connectivity index (χ0) is 13.1. The number of carbonyl (C=O) groups is 1. The van der Waals surface area contributed by atoms with Crippen molar-refractivity contribution in [3.8, 4) is 5.75 Å². The number of hydrogen-bond donors (Lipinski definition) is 1. The van der Waals surface area contributed by atoms with Gasteiger partial charge in [-0.05, 0) is 52.0 Å². The smallest absolute Gasteiger partial charge is 0.182 e. The molecule has 0 atom stereocenters. The molecule has 0 aliphatic rings. The highest BCUT2D eigenvalue weighted by molar-refractivity contribution is 6.02. The molecule has 1 aromatic rings. The second kappa shape index (κ2) is 5.32. The molecule has 0 fully saturated rings. The normalized spacial score (nSPS) is 11.6. The van der Waals surface area contributed by atoms with E-state index in [-0.39, 0.29) is 11.8 Å². The third-order valence-electron chi connectivity index (χ3n) is 2.57. The molecule has 0 aromatic heterocycles. The van der Waals surface area contributed by atoms with E-state index in [1.54, 1.807) is 31.4 Å². The summed E-state index contributed by atoms with van der Waals surface area (Å²) in [4.78, 5) is 12.3. The molecule has 3 nitrogen and oxygen atoms in total. The van der Waals surface area contributed by atoms with Crippen molar-refractivity contribution in [1.82, 2.24) is 5.32 Å². The van der Waals surface area contributed by atoms with Crippen LogP contribution in [-0.4, -0.2) is 24.5 Å². The minimum absolute atomic E-state index is 0.0915. The lowest BCUT2D eigenvalue weighted by Crippen LogP contribution is -2.49. The number of Topliss-reactive ketones (excluding diaryl/α,β-unsaturated/α-hetero) is 1. The van der Waals surface area contributed by atoms with E-state index in [0.29, 0.717) is 5.56 Å². The number of rotatable bonds is 5. The van der Waals surface area contributed by atoms with Gasteiger partial charge in [0.2, 0.25) is 0 Å². The number of benzene rings is 1. The lowest BCUT2D eigenvalue weighted by molar-refractivity contribution is 0.0874. The summed E-state index contributed by atoms with van der Waals surface area (Å²) >= 11 is 0. The van der Waals surface area contributed by atoms with Crippen molar-refractivity contribution in [2.24, 2.45) is 0 Å². The van der Waals surface area contributed by atoms with Gasteiger partial charge >= 0.3 is 0 Å². The number of ether oxygens (including phenoxy) is 1. The van der Waals surface area contributed by atoms with E-state index in [0.717, 1.165) is 5.75 Å². The van der Waals surface area contributed by atoms with Gasteiger partial charge in [0.15, 0.2) is 5.78 Å². The summed E-state index contributed by atoms with van der Waals surface area (Å²) in [6, 6.07) is 7.47. The number of hydrogen-bond acceptors (Lipinski definition) is 3. The molecule has 0 amide bonds. The minimum atomic E-state index is -0.553. The zero-order valence-corrected chi connectivity index (χ0v) is 11.2. The Hall–Kier alpha value is -1.35. The van der Waals surface area contributed by atoms with Gasteiger partial charge in [0, 0.05) is 11.6 Å². The van der Waals surface area contributed by atoms with Gasteiger partial charge in [-0.2, -0.15) is 0 Å². The van der Waals surface area contributed by atoms with Crippen molar-refractivity contribution in [3.05, 3.63) is 29.8 Å². The molecule has 1 N–H and O–H groups in total. The first kappa shape index (κ1) is 13.7. The summed E-state index contributed by atoms with van der Waals surface area (Å²) in [5, 5.41) is 3.27. The molecule has 0 radical (unpaired) electrons. The quantitative estimate of drug-likeness (QED) is 0.797. The third-order valence-corrected chi connectivity index (χ3v) is 2.57. The van der Waals surface area contributed by atoms with Crippen molar-refractivity contribution < 1.29 is 9.53 Å². The van der Waals surface area contributed by atoms with E-state index in [4.69, 9.17) is 4.74 Å². The van der Waals surface area contributed by atoms with Crippen molar-refractivity contribution in [1.29, 1.82) is 0 Å². The summed E-state index contributed by atoms with van der Waals surface area (Å²) in [6.45, 7) is 7.87. The largest absolute Gasteiger partial charge is 0.497 e. The number of ketones is 1. The topological polar surface area (TPSA) is 38.3 Å². The van der Waals surface area contributed by atoms with Gasteiger partial charge in [0.1, 0.15) is 5.75 Å². The first-order chi connectivity index (χ1) is 7.86. The van der Waals surface area contributed by atoms with E-state index in [2.05, 4.69) is 5.32 Å². The van der Waals surface area contributed by atoms with Crippen LogP contribution in [0.3, 0.4) is 0 Å². The molecule has 0 saturated carbocycles. The zero-order valence-electron chi connectivity index (χ0n) is 11.2. The van der Waals surface area contributed by atoms with Crippen LogP contribution in [-0.2, 0) is 0 Å². The van der Waals surface area contributed by atoms with Gasteiger partial charge in [0.05, 0.1) is 12.6 Å². The van der Waals surface area contributed by atoms with Gasteiger partial charge in [0.25, 0.3) is 0 Å². The Bertz CT molecular complexity index is 380. The van der Waals surface area contributed by atoms with Crippen LogP contribution in [0.15, 0.2) is 24.3 Å². The Kier molecular flexibility index (Phi) is 4.29. The number of nitrogens with one attached hydrogen (secondary N) is 1. The molecule has 0 bridgehead atoms. The third kappa shape index (κ3) is 3.56. The second-order valence-electron chi connectivity index (χ2n) is 4.98. The van der Waals surface area contributed by atoms with Crippen LogP contribution in [0.25, 0.3) is 0 Å². The lowest BCUT2D eigenvalue weighted by atomic mass is 9.92. The molecule has 0 aliphatic heterocycles. The van der Waals surface area contributed by atoms with Gasteiger partial charge in [-0.15, -0.1) is 0 Å². The average Bonchev–Trinajstić information content (AvgIpc) is 2.26. The van der Waals surface area contributed by atoms with Crippen LogP contribution in [0.2, 0.25) is 0 Å². The SMILES string of the molecule is COc1ccc(C(=O)C(C)(C)NC(C)C)cc1. The Balaban J connectivity index is 2.87. The Morgan fingerprint density at radius 2 is 1.76 bits per heavy atom. The molecule has 1 aromatic carbocycles. The van der Waals surface area contributed by atoms with Crippen molar-refractivity contribution in [2.45, 2.75) is 39.3 Å². The minimum Gasteiger partial charge on any atom is -0.497 e. The highest BCUT2D eigenvalue weighted by Gasteiger charge is 2.28. The molecule has 0 spiro atoms. The summed E-state index contributed by atoms with van der Waals surface area (Å²) < 4.78 is 5.07. The van der Waals surface area contributed by atoms with E-state index in [1.807, 2.05) is 27.7 Å². The van der Waals surface area contributed by atoms with Crippen molar-refractivity contribution in [3.63, 3.8) is 0 Å². The number of carbonyl (C=O) groups excluding carboxylic acids is 1. The standard InChI is InChI=1S/C14H21NO2/c1-10(2)15-14(3,4)13(16)11-6-8-12(17-5)9-7-11/h6-10,15H,1-5H3. The fourth-order valence-corrected chi connectivity index (χ4v) is 1.89. The van der Waals surface area contributed by atoms with E-state index in [1.165, 1.54) is 0 Å². The molecule has 0 saturated heterocycles. The van der Waals surface area contributed by atoms with E-state index in [9.17, 15) is 4.79 Å². The highest BCUT2D eigenvalue weighted by Crippen LogP contribution is 2.17. The molecule has 0 aliphatic carbocycles. The maximum Gasteiger partial charge on any atom is 0.182 e. The second-order valence-corrected chi connectivity index (χ2v) is 4.98. The molecular formula is C14H21NO2. The molecule has 0 heterocycles. The molecule has 17 heavy (non-hydrogen) atoms. The van der Waals surface area contributed by atoms with Crippen molar-refractivity contribution in [2.75, 3.05) is 7.11 Å². The van der Waals surface area contributed by atoms with Gasteiger partial charge in [-0.1, -0.05) is 0 Å². The predicted molar refractivity (Wildman–Crippen MR) is 69.7 cm³/mol. The fraction of sp³-hybridized carbons (Fsp3) is 0.500. The summed E-state index contributed by atoms with van der Waals surface area (Å²) in [6.07, 6.45) is 0. The first-order valence-electron chi connectivity index (χ1n) is 5.83. The van der Waals surface area contributed by atoms with Crippen LogP contribution < -0.4 is 10.1 Å². The Morgan fingerprint density at radius 3 is 2.18 bits per heavy atom. The van der Waals surface area contributed by atoms with Gasteiger partial charge in [-0.3, -0.25) is 4.79 Å². The van der Waals surface area contributed by atoms with Gasteiger partial charge in [-0.25, -0.2) is 0 Å². The van der Waals surface area contributed by atoms with E-state index >= 15 is 0 Å². The molecule has 94 valence electrons. The van der Waals surface area contributed by atoms with Crippen LogP contribution in [0.1, 0.15) is 38.1 Å². The maximum atomic E-state index is 12.3. The Labute approximate surface area is 103 Å². The maximum absolute atomic E-state index is 12.3. The van der Waals surface area contributed by atoms with Gasteiger partial charge < -0.3 is 10.1 Å². The van der Waals surface area contributed by atoms with Crippen LogP contribution >= 0.6 is 0 Å². The van der Waals surface area contributed by atoms with Crippen molar-refractivity contribution >= 4 is 5.78 Å². The average molecular weight is 235 g/mol. The Morgan fingerprint density at radius 1 is 1.24 bits per heavy atom. The lowest BCUT2D eigenvalue weighted by Gasteiger charge is -2.27. The van der Waals surface area contributed by atoms with Crippen LogP contribution in [0.5, 0.6) is 5.75 Å².